The van der Waals surface area contributed by atoms with Crippen molar-refractivity contribution in [2.24, 2.45) is 5.92 Å². The van der Waals surface area contributed by atoms with E-state index in [0.717, 1.165) is 24.3 Å². The van der Waals surface area contributed by atoms with Crippen LogP contribution in [-0.2, 0) is 17.1 Å². The molecule has 0 aliphatic rings. The average molecular weight is 495 g/mol. The lowest BCUT2D eigenvalue weighted by Crippen LogP contribution is -2.21. The number of nitrogens with one attached hydrogen (secondary N) is 1. The van der Waals surface area contributed by atoms with E-state index in [1.54, 1.807) is 44.2 Å². The van der Waals surface area contributed by atoms with Gasteiger partial charge in [-0.2, -0.15) is 26.3 Å². The summed E-state index contributed by atoms with van der Waals surface area (Å²) < 4.78 is 81.7. The molecule has 9 heteroatoms. The number of carboxylic acid groups (broad SMARTS) is 1. The van der Waals surface area contributed by atoms with Crippen LogP contribution in [0, 0.1) is 5.92 Å². The van der Waals surface area contributed by atoms with Crippen LogP contribution in [0.25, 0.3) is 11.1 Å². The predicted octanol–water partition coefficient (Wildman–Crippen LogP) is 8.35. The van der Waals surface area contributed by atoms with Gasteiger partial charge < -0.3 is 10.4 Å². The molecular formula is C26H23F6NO2. The van der Waals surface area contributed by atoms with Crippen LogP contribution in [0.5, 0.6) is 0 Å². The number of alkyl halides is 6. The third kappa shape index (κ3) is 6.35. The Hall–Kier alpha value is -3.49. The highest BCUT2D eigenvalue weighted by molar-refractivity contribution is 5.82. The van der Waals surface area contributed by atoms with E-state index >= 15 is 0 Å². The maximum Gasteiger partial charge on any atom is 0.418 e. The Labute approximate surface area is 198 Å². The summed E-state index contributed by atoms with van der Waals surface area (Å²) in [4.78, 5) is 12.1. The summed E-state index contributed by atoms with van der Waals surface area (Å²) in [6, 6.07) is 14.5. The summed E-state index contributed by atoms with van der Waals surface area (Å²) in [5, 5.41) is 12.4. The van der Waals surface area contributed by atoms with E-state index in [1.165, 1.54) is 12.1 Å². The van der Waals surface area contributed by atoms with Crippen molar-refractivity contribution in [3.05, 3.63) is 83.4 Å². The van der Waals surface area contributed by atoms with Gasteiger partial charge in [-0.1, -0.05) is 44.2 Å². The first-order chi connectivity index (χ1) is 16.3. The van der Waals surface area contributed by atoms with E-state index in [2.05, 4.69) is 5.32 Å². The van der Waals surface area contributed by atoms with Crippen molar-refractivity contribution in [1.82, 2.24) is 0 Å². The molecule has 0 aliphatic heterocycles. The molecule has 0 fully saturated rings. The first-order valence-electron chi connectivity index (χ1n) is 10.7. The fraction of sp³-hybridized carbons (Fsp3) is 0.269. The Morgan fingerprint density at radius 3 is 1.94 bits per heavy atom. The number of rotatable bonds is 7. The van der Waals surface area contributed by atoms with E-state index in [-0.39, 0.29) is 18.0 Å². The maximum atomic E-state index is 14.3. The number of halogens is 6. The van der Waals surface area contributed by atoms with Gasteiger partial charge in [0.2, 0.25) is 0 Å². The monoisotopic (exact) mass is 495 g/mol. The minimum absolute atomic E-state index is 0.00426. The van der Waals surface area contributed by atoms with Gasteiger partial charge in [0, 0.05) is 5.69 Å². The Morgan fingerprint density at radius 2 is 1.46 bits per heavy atom. The van der Waals surface area contributed by atoms with Crippen molar-refractivity contribution in [2.75, 3.05) is 5.32 Å². The molecule has 0 aliphatic carbocycles. The van der Waals surface area contributed by atoms with E-state index in [1.807, 2.05) is 0 Å². The van der Waals surface area contributed by atoms with Gasteiger partial charge in [0.05, 0.1) is 22.7 Å². The highest BCUT2D eigenvalue weighted by atomic mass is 19.4. The van der Waals surface area contributed by atoms with Crippen LogP contribution in [0.15, 0.2) is 66.7 Å². The van der Waals surface area contributed by atoms with Gasteiger partial charge >= 0.3 is 18.3 Å². The molecule has 3 rings (SSSR count). The topological polar surface area (TPSA) is 49.3 Å². The molecule has 3 aromatic rings. The second kappa shape index (κ2) is 10.0. The summed E-state index contributed by atoms with van der Waals surface area (Å²) in [7, 11) is 0. The van der Waals surface area contributed by atoms with Crippen molar-refractivity contribution in [3.8, 4) is 11.1 Å². The first kappa shape index (κ1) is 26.1. The van der Waals surface area contributed by atoms with Crippen LogP contribution < -0.4 is 5.32 Å². The summed E-state index contributed by atoms with van der Waals surface area (Å²) in [6.07, 6.45) is -9.55. The zero-order valence-electron chi connectivity index (χ0n) is 18.8. The number of hydrogen-bond donors (Lipinski definition) is 2. The fourth-order valence-electron chi connectivity index (χ4n) is 3.88. The molecule has 186 valence electrons. The molecule has 1 atom stereocenters. The average Bonchev–Trinajstić information content (AvgIpc) is 2.76. The number of benzene rings is 3. The van der Waals surface area contributed by atoms with Crippen LogP contribution in [0.2, 0.25) is 0 Å². The van der Waals surface area contributed by atoms with Crippen molar-refractivity contribution in [2.45, 2.75) is 38.5 Å². The molecule has 3 aromatic carbocycles. The molecule has 0 spiro atoms. The number of aliphatic carboxylic acids is 1. The summed E-state index contributed by atoms with van der Waals surface area (Å²) in [6.45, 7) is 3.43. The van der Waals surface area contributed by atoms with Gasteiger partial charge in [0.1, 0.15) is 0 Å². The van der Waals surface area contributed by atoms with Gasteiger partial charge in [0.15, 0.2) is 0 Å². The van der Waals surface area contributed by atoms with Gasteiger partial charge in [-0.05, 0) is 65.4 Å². The van der Waals surface area contributed by atoms with E-state index in [0.29, 0.717) is 11.1 Å². The highest BCUT2D eigenvalue weighted by Crippen LogP contribution is 2.45. The maximum absolute atomic E-state index is 14.3. The van der Waals surface area contributed by atoms with E-state index in [4.69, 9.17) is 0 Å². The molecule has 0 heterocycles. The standard InChI is InChI=1S/C26H23F6NO2/c1-15(2)12-21(24(34)35)20-13-17(16-6-4-3-5-7-16)14-22(23(20)26(30,31)32)33-19-10-8-18(9-11-19)25(27,28)29/h3-11,13-15,21,33H,12H2,1-2H3,(H,34,35). The van der Waals surface area contributed by atoms with Gasteiger partial charge in [0.25, 0.3) is 0 Å². The van der Waals surface area contributed by atoms with Crippen molar-refractivity contribution in [3.63, 3.8) is 0 Å². The normalized spacial score (nSPS) is 13.1. The summed E-state index contributed by atoms with van der Waals surface area (Å²) in [5.74, 6) is -3.04. The second-order valence-electron chi connectivity index (χ2n) is 8.57. The smallest absolute Gasteiger partial charge is 0.418 e. The lowest BCUT2D eigenvalue weighted by molar-refractivity contribution is -0.141. The van der Waals surface area contributed by atoms with E-state index < -0.39 is 46.6 Å². The van der Waals surface area contributed by atoms with Gasteiger partial charge in [-0.25, -0.2) is 0 Å². The van der Waals surface area contributed by atoms with Crippen molar-refractivity contribution >= 4 is 17.3 Å². The highest BCUT2D eigenvalue weighted by Gasteiger charge is 2.40. The molecular weight excluding hydrogens is 472 g/mol. The Kier molecular flexibility index (Phi) is 7.47. The van der Waals surface area contributed by atoms with E-state index in [9.17, 15) is 36.2 Å². The number of carboxylic acids is 1. The van der Waals surface area contributed by atoms with Gasteiger partial charge in [-0.3, -0.25) is 4.79 Å². The molecule has 0 radical (unpaired) electrons. The second-order valence-corrected chi connectivity index (χ2v) is 8.57. The quantitative estimate of drug-likeness (QED) is 0.324. The SMILES string of the molecule is CC(C)CC(C(=O)O)c1cc(-c2ccccc2)cc(Nc2ccc(C(F)(F)F)cc2)c1C(F)(F)F. The molecule has 0 aromatic heterocycles. The van der Waals surface area contributed by atoms with Crippen molar-refractivity contribution < 1.29 is 36.2 Å². The molecule has 35 heavy (non-hydrogen) atoms. The van der Waals surface area contributed by atoms with Crippen LogP contribution >= 0.6 is 0 Å². The molecule has 2 N–H and O–H groups in total. The fourth-order valence-corrected chi connectivity index (χ4v) is 3.88. The summed E-state index contributed by atoms with van der Waals surface area (Å²) in [5.41, 5.74) is -2.05. The minimum Gasteiger partial charge on any atom is -0.481 e. The lowest BCUT2D eigenvalue weighted by Gasteiger charge is -2.25. The molecule has 0 saturated carbocycles. The predicted molar refractivity (Wildman–Crippen MR) is 121 cm³/mol. The molecule has 3 nitrogen and oxygen atoms in total. The van der Waals surface area contributed by atoms with Crippen LogP contribution in [0.1, 0.15) is 42.9 Å². The lowest BCUT2D eigenvalue weighted by atomic mass is 9.84. The number of carbonyl (C=O) groups is 1. The Bertz CT molecular complexity index is 1170. The third-order valence-electron chi connectivity index (χ3n) is 5.43. The number of anilines is 2. The van der Waals surface area contributed by atoms with Crippen LogP contribution in [0.4, 0.5) is 37.7 Å². The zero-order valence-corrected chi connectivity index (χ0v) is 18.8. The van der Waals surface area contributed by atoms with Gasteiger partial charge in [-0.15, -0.1) is 0 Å². The van der Waals surface area contributed by atoms with Crippen LogP contribution in [0.3, 0.4) is 0 Å². The first-order valence-corrected chi connectivity index (χ1v) is 10.7. The molecule has 0 saturated heterocycles. The third-order valence-corrected chi connectivity index (χ3v) is 5.43. The van der Waals surface area contributed by atoms with Crippen LogP contribution in [-0.4, -0.2) is 11.1 Å². The Balaban J connectivity index is 2.24. The number of hydrogen-bond acceptors (Lipinski definition) is 2. The van der Waals surface area contributed by atoms with Crippen molar-refractivity contribution in [1.29, 1.82) is 0 Å². The molecule has 0 bridgehead atoms. The zero-order chi connectivity index (χ0) is 26.0. The largest absolute Gasteiger partial charge is 0.481 e. The summed E-state index contributed by atoms with van der Waals surface area (Å²) >= 11 is 0. The Morgan fingerprint density at radius 1 is 0.857 bits per heavy atom. The molecule has 0 amide bonds. The minimum atomic E-state index is -4.93. The molecule has 1 unspecified atom stereocenters.